The molecule has 0 saturated carbocycles. The van der Waals surface area contributed by atoms with E-state index in [1.54, 1.807) is 12.1 Å². The van der Waals surface area contributed by atoms with Gasteiger partial charge in [0, 0.05) is 30.3 Å². The smallest absolute Gasteiger partial charge is 0.276 e. The number of nitro benzene ring substituents is 1. The van der Waals surface area contributed by atoms with Crippen LogP contribution in [-0.4, -0.2) is 32.3 Å². The van der Waals surface area contributed by atoms with Crippen LogP contribution in [0.1, 0.15) is 5.56 Å². The Morgan fingerprint density at radius 1 is 1.15 bits per heavy atom. The summed E-state index contributed by atoms with van der Waals surface area (Å²) in [5.74, 6) is -0.505. The van der Waals surface area contributed by atoms with E-state index in [2.05, 4.69) is 10.0 Å². The predicted molar refractivity (Wildman–Crippen MR) is 102 cm³/mol. The van der Waals surface area contributed by atoms with Gasteiger partial charge in [-0.1, -0.05) is 29.8 Å². The molecule has 0 spiro atoms. The molecule has 2 aromatic rings. The van der Waals surface area contributed by atoms with Crippen molar-refractivity contribution in [2.45, 2.75) is 4.90 Å². The van der Waals surface area contributed by atoms with Crippen LogP contribution in [0.4, 0.5) is 5.69 Å². The minimum atomic E-state index is -3.73. The van der Waals surface area contributed by atoms with Gasteiger partial charge in [0.1, 0.15) is 0 Å². The van der Waals surface area contributed by atoms with E-state index in [0.717, 1.165) is 6.08 Å². The molecule has 1 amide bonds. The summed E-state index contributed by atoms with van der Waals surface area (Å²) in [7, 11) is -3.73. The van der Waals surface area contributed by atoms with Crippen LogP contribution in [0, 0.1) is 10.1 Å². The molecule has 2 aromatic carbocycles. The Morgan fingerprint density at radius 3 is 2.59 bits per heavy atom. The number of nitro groups is 1. The number of para-hydroxylation sites is 1. The van der Waals surface area contributed by atoms with Gasteiger partial charge < -0.3 is 5.32 Å². The van der Waals surface area contributed by atoms with E-state index < -0.39 is 20.9 Å². The predicted octanol–water partition coefficient (Wildman–Crippen LogP) is 2.36. The standard InChI is InChI=1S/C17H16ClN3O5S/c18-14-5-3-6-15(12-14)27(25,26)20-11-10-19-17(22)9-8-13-4-1-2-7-16(13)21(23)24/h1-9,12,20H,10-11H2,(H,19,22)/b9-8+. The van der Waals surface area contributed by atoms with Crippen LogP contribution >= 0.6 is 11.6 Å². The third-order valence-electron chi connectivity index (χ3n) is 3.37. The minimum Gasteiger partial charge on any atom is -0.351 e. The van der Waals surface area contributed by atoms with Gasteiger partial charge in [0.25, 0.3) is 5.69 Å². The zero-order valence-corrected chi connectivity index (χ0v) is 15.5. The maximum absolute atomic E-state index is 12.1. The number of amides is 1. The SMILES string of the molecule is O=C(/C=C/c1ccccc1[N+](=O)[O-])NCCNS(=O)(=O)c1cccc(Cl)c1. The molecule has 27 heavy (non-hydrogen) atoms. The lowest BCUT2D eigenvalue weighted by Gasteiger charge is -2.07. The number of sulfonamides is 1. The first-order chi connectivity index (χ1) is 12.8. The zero-order valence-electron chi connectivity index (χ0n) is 14.0. The van der Waals surface area contributed by atoms with Crippen LogP contribution in [0.3, 0.4) is 0 Å². The Morgan fingerprint density at radius 2 is 1.89 bits per heavy atom. The van der Waals surface area contributed by atoms with Gasteiger partial charge in [-0.2, -0.15) is 0 Å². The van der Waals surface area contributed by atoms with Gasteiger partial charge >= 0.3 is 0 Å². The quantitative estimate of drug-likeness (QED) is 0.300. The highest BCUT2D eigenvalue weighted by Gasteiger charge is 2.13. The summed E-state index contributed by atoms with van der Waals surface area (Å²) >= 11 is 5.77. The Labute approximate surface area is 161 Å². The molecule has 142 valence electrons. The lowest BCUT2D eigenvalue weighted by atomic mass is 10.1. The average molecular weight is 410 g/mol. The maximum atomic E-state index is 12.1. The van der Waals surface area contributed by atoms with Crippen molar-refractivity contribution in [3.05, 3.63) is 75.3 Å². The fraction of sp³-hybridized carbons (Fsp3) is 0.118. The van der Waals surface area contributed by atoms with Crippen molar-refractivity contribution in [1.29, 1.82) is 0 Å². The van der Waals surface area contributed by atoms with Crippen molar-refractivity contribution in [2.75, 3.05) is 13.1 Å². The molecule has 0 unspecified atom stereocenters. The Kier molecular flexibility index (Phi) is 7.05. The Hall–Kier alpha value is -2.75. The number of benzene rings is 2. The number of carbonyl (C=O) groups excluding carboxylic acids is 1. The van der Waals surface area contributed by atoms with Crippen LogP contribution in [0.15, 0.2) is 59.5 Å². The molecule has 2 rings (SSSR count). The number of hydrogen-bond donors (Lipinski definition) is 2. The van der Waals surface area contributed by atoms with Gasteiger partial charge in [-0.25, -0.2) is 13.1 Å². The first-order valence-corrected chi connectivity index (χ1v) is 9.60. The topological polar surface area (TPSA) is 118 Å². The molecule has 10 heteroatoms. The van der Waals surface area contributed by atoms with Gasteiger partial charge in [-0.15, -0.1) is 0 Å². The summed E-state index contributed by atoms with van der Waals surface area (Å²) < 4.78 is 26.5. The second-order valence-corrected chi connectivity index (χ2v) is 7.50. The summed E-state index contributed by atoms with van der Waals surface area (Å²) in [5, 5.41) is 13.7. The van der Waals surface area contributed by atoms with E-state index in [4.69, 9.17) is 11.6 Å². The molecule has 0 saturated heterocycles. The first kappa shape index (κ1) is 20.6. The molecule has 0 aliphatic heterocycles. The number of nitrogens with one attached hydrogen (secondary N) is 2. The Balaban J connectivity index is 1.85. The Bertz CT molecular complexity index is 976. The number of carbonyl (C=O) groups is 1. The highest BCUT2D eigenvalue weighted by molar-refractivity contribution is 7.89. The van der Waals surface area contributed by atoms with Crippen molar-refractivity contribution < 1.29 is 18.1 Å². The summed E-state index contributed by atoms with van der Waals surface area (Å²) in [6, 6.07) is 11.8. The van der Waals surface area contributed by atoms with E-state index in [1.807, 2.05) is 0 Å². The number of hydrogen-bond acceptors (Lipinski definition) is 5. The normalized spacial score (nSPS) is 11.4. The molecule has 0 radical (unpaired) electrons. The van der Waals surface area contributed by atoms with Gasteiger partial charge in [0.2, 0.25) is 15.9 Å². The molecule has 0 aromatic heterocycles. The zero-order chi connectivity index (χ0) is 19.9. The molecule has 0 heterocycles. The lowest BCUT2D eigenvalue weighted by molar-refractivity contribution is -0.385. The van der Waals surface area contributed by atoms with Crippen molar-refractivity contribution in [1.82, 2.24) is 10.0 Å². The van der Waals surface area contributed by atoms with Crippen LogP contribution < -0.4 is 10.0 Å². The van der Waals surface area contributed by atoms with Crippen molar-refractivity contribution in [3.8, 4) is 0 Å². The molecule has 0 atom stereocenters. The van der Waals surface area contributed by atoms with Crippen LogP contribution in [0.2, 0.25) is 5.02 Å². The van der Waals surface area contributed by atoms with Crippen LogP contribution in [-0.2, 0) is 14.8 Å². The monoisotopic (exact) mass is 409 g/mol. The molecular weight excluding hydrogens is 394 g/mol. The third kappa shape index (κ3) is 6.17. The van der Waals surface area contributed by atoms with Gasteiger partial charge in [0.15, 0.2) is 0 Å². The molecule has 0 bridgehead atoms. The lowest BCUT2D eigenvalue weighted by Crippen LogP contribution is -2.34. The summed E-state index contributed by atoms with van der Waals surface area (Å²) in [4.78, 5) is 22.2. The maximum Gasteiger partial charge on any atom is 0.276 e. The second kappa shape index (κ2) is 9.26. The van der Waals surface area contributed by atoms with E-state index in [1.165, 1.54) is 42.5 Å². The molecule has 2 N–H and O–H groups in total. The molecule has 0 aliphatic rings. The van der Waals surface area contributed by atoms with Crippen molar-refractivity contribution >= 4 is 39.3 Å². The van der Waals surface area contributed by atoms with Gasteiger partial charge in [-0.05, 0) is 30.3 Å². The van der Waals surface area contributed by atoms with Crippen LogP contribution in [0.5, 0.6) is 0 Å². The second-order valence-electron chi connectivity index (χ2n) is 5.30. The van der Waals surface area contributed by atoms with E-state index in [-0.39, 0.29) is 23.7 Å². The summed E-state index contributed by atoms with van der Waals surface area (Å²) in [5.41, 5.74) is 0.176. The number of nitrogens with zero attached hydrogens (tertiary/aromatic N) is 1. The summed E-state index contributed by atoms with van der Waals surface area (Å²) in [6.07, 6.45) is 2.47. The first-order valence-electron chi connectivity index (χ1n) is 7.74. The van der Waals surface area contributed by atoms with Gasteiger partial charge in [0.05, 0.1) is 15.4 Å². The fourth-order valence-electron chi connectivity index (χ4n) is 2.11. The minimum absolute atomic E-state index is 0.0256. The number of halogens is 1. The van der Waals surface area contributed by atoms with Gasteiger partial charge in [-0.3, -0.25) is 14.9 Å². The average Bonchev–Trinajstić information content (AvgIpc) is 2.63. The fourth-order valence-corrected chi connectivity index (χ4v) is 3.44. The van der Waals surface area contributed by atoms with E-state index >= 15 is 0 Å². The molecule has 8 nitrogen and oxygen atoms in total. The molecular formula is C17H16ClN3O5S. The van der Waals surface area contributed by atoms with Crippen LogP contribution in [0.25, 0.3) is 6.08 Å². The highest BCUT2D eigenvalue weighted by atomic mass is 35.5. The molecule has 0 fully saturated rings. The molecule has 0 aliphatic carbocycles. The largest absolute Gasteiger partial charge is 0.351 e. The van der Waals surface area contributed by atoms with Crippen molar-refractivity contribution in [3.63, 3.8) is 0 Å². The highest BCUT2D eigenvalue weighted by Crippen LogP contribution is 2.18. The van der Waals surface area contributed by atoms with Crippen molar-refractivity contribution in [2.24, 2.45) is 0 Å². The summed E-state index contributed by atoms with van der Waals surface area (Å²) in [6.45, 7) is 0.0137. The van der Waals surface area contributed by atoms with E-state index in [0.29, 0.717) is 10.6 Å². The number of rotatable bonds is 8. The third-order valence-corrected chi connectivity index (χ3v) is 5.06. The van der Waals surface area contributed by atoms with E-state index in [9.17, 15) is 23.3 Å².